The molecule has 0 aromatic carbocycles. The number of nitrogens with one attached hydrogen (secondary N) is 2. The van der Waals surface area contributed by atoms with E-state index in [1.54, 1.807) is 0 Å². The molecule has 0 heterocycles. The van der Waals surface area contributed by atoms with Gasteiger partial charge in [0.1, 0.15) is 0 Å². The van der Waals surface area contributed by atoms with Gasteiger partial charge in [0.05, 0.1) is 12.2 Å². The molecule has 0 saturated heterocycles. The molecule has 4 N–H and O–H groups in total. The second-order valence-electron chi connectivity index (χ2n) is 9.60. The smallest absolute Gasteiger partial charge is 0.0664 e. The van der Waals surface area contributed by atoms with Crippen LogP contribution in [0.25, 0.3) is 0 Å². The summed E-state index contributed by atoms with van der Waals surface area (Å²) in [7, 11) is 0. The highest BCUT2D eigenvalue weighted by Gasteiger charge is 2.04. The van der Waals surface area contributed by atoms with Gasteiger partial charge in [-0.25, -0.2) is 0 Å². The Labute approximate surface area is 195 Å². The van der Waals surface area contributed by atoms with Crippen molar-refractivity contribution in [2.75, 3.05) is 26.2 Å². The van der Waals surface area contributed by atoms with E-state index >= 15 is 0 Å². The SMILES string of the molecule is CCCCCCCCCC(O)CNCCCCCNCC(O)CCCCCCCCC. The Morgan fingerprint density at radius 3 is 1.16 bits per heavy atom. The van der Waals surface area contributed by atoms with E-state index in [9.17, 15) is 10.2 Å². The van der Waals surface area contributed by atoms with Crippen LogP contribution < -0.4 is 10.6 Å². The number of aliphatic hydroxyl groups excluding tert-OH is 2. The van der Waals surface area contributed by atoms with Gasteiger partial charge in [0, 0.05) is 13.1 Å². The Morgan fingerprint density at radius 1 is 0.452 bits per heavy atom. The van der Waals surface area contributed by atoms with Crippen LogP contribution in [0.2, 0.25) is 0 Å². The molecule has 2 unspecified atom stereocenters. The maximum atomic E-state index is 10.0. The number of hydrogen-bond acceptors (Lipinski definition) is 4. The summed E-state index contributed by atoms with van der Waals surface area (Å²) in [5, 5.41) is 26.9. The second-order valence-corrected chi connectivity index (χ2v) is 9.60. The largest absolute Gasteiger partial charge is 0.392 e. The minimum Gasteiger partial charge on any atom is -0.392 e. The van der Waals surface area contributed by atoms with Crippen LogP contribution >= 0.6 is 0 Å². The predicted octanol–water partition coefficient (Wildman–Crippen LogP) is 6.34. The summed E-state index contributed by atoms with van der Waals surface area (Å²) in [6.07, 6.45) is 23.3. The van der Waals surface area contributed by atoms with Crippen molar-refractivity contribution in [3.63, 3.8) is 0 Å². The summed E-state index contributed by atoms with van der Waals surface area (Å²) in [6, 6.07) is 0. The van der Waals surface area contributed by atoms with E-state index in [0.29, 0.717) is 0 Å². The zero-order valence-corrected chi connectivity index (χ0v) is 21.3. The van der Waals surface area contributed by atoms with Crippen LogP contribution in [0.1, 0.15) is 136 Å². The van der Waals surface area contributed by atoms with Gasteiger partial charge in [-0.3, -0.25) is 0 Å². The van der Waals surface area contributed by atoms with Crippen LogP contribution in [0.3, 0.4) is 0 Å². The third-order valence-electron chi connectivity index (χ3n) is 6.25. The molecule has 0 aliphatic rings. The van der Waals surface area contributed by atoms with Crippen molar-refractivity contribution in [1.29, 1.82) is 0 Å². The standard InChI is InChI=1S/C27H58N2O2/c1-3-5-7-9-11-13-16-20-26(30)24-28-22-18-15-19-23-29-25-27(31)21-17-14-12-10-8-6-4-2/h26-31H,3-25H2,1-2H3. The first-order valence-electron chi connectivity index (χ1n) is 14.0. The fourth-order valence-corrected chi connectivity index (χ4v) is 4.09. The summed E-state index contributed by atoms with van der Waals surface area (Å²) >= 11 is 0. The van der Waals surface area contributed by atoms with Crippen LogP contribution in [0.4, 0.5) is 0 Å². The number of rotatable bonds is 26. The molecule has 0 aromatic heterocycles. The number of hydrogen-bond donors (Lipinski definition) is 4. The Bertz CT molecular complexity index is 298. The van der Waals surface area contributed by atoms with Crippen molar-refractivity contribution < 1.29 is 10.2 Å². The number of aliphatic hydroxyl groups is 2. The lowest BCUT2D eigenvalue weighted by atomic mass is 10.1. The molecule has 0 aliphatic heterocycles. The highest BCUT2D eigenvalue weighted by Crippen LogP contribution is 2.10. The van der Waals surface area contributed by atoms with Crippen LogP contribution in [0.5, 0.6) is 0 Å². The van der Waals surface area contributed by atoms with Crippen LogP contribution in [0.15, 0.2) is 0 Å². The van der Waals surface area contributed by atoms with Crippen LogP contribution in [0, 0.1) is 0 Å². The van der Waals surface area contributed by atoms with E-state index < -0.39 is 0 Å². The molecule has 0 bridgehead atoms. The zero-order valence-electron chi connectivity index (χ0n) is 21.3. The monoisotopic (exact) mass is 442 g/mol. The molecule has 0 saturated carbocycles. The van der Waals surface area contributed by atoms with Crippen molar-refractivity contribution in [2.24, 2.45) is 0 Å². The van der Waals surface area contributed by atoms with Crippen LogP contribution in [-0.2, 0) is 0 Å². The van der Waals surface area contributed by atoms with Crippen molar-refractivity contribution in [3.05, 3.63) is 0 Å². The predicted molar refractivity (Wildman–Crippen MR) is 137 cm³/mol. The molecule has 0 fully saturated rings. The molecule has 0 rings (SSSR count). The molecular formula is C27H58N2O2. The van der Waals surface area contributed by atoms with E-state index in [-0.39, 0.29) is 12.2 Å². The highest BCUT2D eigenvalue weighted by molar-refractivity contribution is 4.62. The van der Waals surface area contributed by atoms with Crippen LogP contribution in [-0.4, -0.2) is 48.6 Å². The van der Waals surface area contributed by atoms with E-state index in [1.807, 2.05) is 0 Å². The molecule has 0 aromatic rings. The molecule has 4 heteroatoms. The van der Waals surface area contributed by atoms with E-state index in [1.165, 1.54) is 83.5 Å². The molecule has 0 aliphatic carbocycles. The molecule has 2 atom stereocenters. The van der Waals surface area contributed by atoms with Gasteiger partial charge < -0.3 is 20.8 Å². The topological polar surface area (TPSA) is 64.5 Å². The van der Waals surface area contributed by atoms with Crippen molar-refractivity contribution in [2.45, 2.75) is 148 Å². The van der Waals surface area contributed by atoms with Crippen molar-refractivity contribution >= 4 is 0 Å². The Morgan fingerprint density at radius 2 is 0.774 bits per heavy atom. The Balaban J connectivity index is 3.22. The minimum atomic E-state index is -0.185. The molecule has 4 nitrogen and oxygen atoms in total. The average molecular weight is 443 g/mol. The summed E-state index contributed by atoms with van der Waals surface area (Å²) < 4.78 is 0. The van der Waals surface area contributed by atoms with Gasteiger partial charge >= 0.3 is 0 Å². The molecular weight excluding hydrogens is 384 g/mol. The third-order valence-corrected chi connectivity index (χ3v) is 6.25. The van der Waals surface area contributed by atoms with Gasteiger partial charge in [0.25, 0.3) is 0 Å². The van der Waals surface area contributed by atoms with E-state index in [0.717, 1.165) is 64.7 Å². The maximum absolute atomic E-state index is 10.0. The number of unbranched alkanes of at least 4 members (excludes halogenated alkanes) is 14. The zero-order chi connectivity index (χ0) is 22.8. The van der Waals surface area contributed by atoms with Gasteiger partial charge in [-0.05, 0) is 38.8 Å². The Hall–Kier alpha value is -0.160. The fourth-order valence-electron chi connectivity index (χ4n) is 4.09. The molecule has 188 valence electrons. The third kappa shape index (κ3) is 26.0. The van der Waals surface area contributed by atoms with E-state index in [4.69, 9.17) is 0 Å². The molecule has 0 amide bonds. The maximum Gasteiger partial charge on any atom is 0.0664 e. The quantitative estimate of drug-likeness (QED) is 0.118. The fraction of sp³-hybridized carbons (Fsp3) is 1.00. The summed E-state index contributed by atoms with van der Waals surface area (Å²) in [5.41, 5.74) is 0. The first-order valence-corrected chi connectivity index (χ1v) is 14.0. The summed E-state index contributed by atoms with van der Waals surface area (Å²) in [4.78, 5) is 0. The van der Waals surface area contributed by atoms with Crippen molar-refractivity contribution in [1.82, 2.24) is 10.6 Å². The first kappa shape index (κ1) is 30.8. The minimum absolute atomic E-state index is 0.185. The normalized spacial score (nSPS) is 13.5. The second kappa shape index (κ2) is 26.1. The van der Waals surface area contributed by atoms with E-state index in [2.05, 4.69) is 24.5 Å². The van der Waals surface area contributed by atoms with Crippen molar-refractivity contribution in [3.8, 4) is 0 Å². The first-order chi connectivity index (χ1) is 15.2. The average Bonchev–Trinajstić information content (AvgIpc) is 2.76. The Kier molecular flexibility index (Phi) is 26.0. The summed E-state index contributed by atoms with van der Waals surface area (Å²) in [6.45, 7) is 7.97. The lowest BCUT2D eigenvalue weighted by Gasteiger charge is -2.13. The van der Waals surface area contributed by atoms with Gasteiger partial charge in [-0.1, -0.05) is 110 Å². The molecule has 0 radical (unpaired) electrons. The van der Waals surface area contributed by atoms with Gasteiger partial charge in [-0.2, -0.15) is 0 Å². The highest BCUT2D eigenvalue weighted by atomic mass is 16.3. The molecule has 31 heavy (non-hydrogen) atoms. The molecule has 0 spiro atoms. The lowest BCUT2D eigenvalue weighted by Crippen LogP contribution is -2.28. The lowest BCUT2D eigenvalue weighted by molar-refractivity contribution is 0.157. The van der Waals surface area contributed by atoms with Gasteiger partial charge in [0.2, 0.25) is 0 Å². The summed E-state index contributed by atoms with van der Waals surface area (Å²) in [5.74, 6) is 0. The van der Waals surface area contributed by atoms with Gasteiger partial charge in [0.15, 0.2) is 0 Å². The van der Waals surface area contributed by atoms with Gasteiger partial charge in [-0.15, -0.1) is 0 Å².